The van der Waals surface area contributed by atoms with Crippen molar-refractivity contribution in [1.29, 1.82) is 0 Å². The van der Waals surface area contributed by atoms with Gasteiger partial charge in [0.25, 0.3) is 0 Å². The normalized spacial score (nSPS) is 11.8. The van der Waals surface area contributed by atoms with E-state index in [2.05, 4.69) is 252 Å². The molecule has 0 amide bonds. The van der Waals surface area contributed by atoms with E-state index in [1.165, 1.54) is 65.3 Å². The van der Waals surface area contributed by atoms with E-state index >= 15 is 0 Å². The molecule has 5 nitrogen and oxygen atoms in total. The largest absolute Gasteiger partial charge is 0.309 e. The van der Waals surface area contributed by atoms with Gasteiger partial charge in [0.1, 0.15) is 0 Å². The molecule has 0 aliphatic rings. The van der Waals surface area contributed by atoms with E-state index in [0.29, 0.717) is 17.6 Å². The predicted molar refractivity (Wildman–Crippen MR) is 308 cm³/mol. The van der Waals surface area contributed by atoms with Crippen LogP contribution in [0, 0.1) is 0 Å². The number of para-hydroxylation sites is 2. The van der Waals surface area contributed by atoms with E-state index in [-0.39, 0.29) is 0 Å². The third kappa shape index (κ3) is 6.68. The van der Waals surface area contributed by atoms with Gasteiger partial charge in [0.05, 0.1) is 22.1 Å². The van der Waals surface area contributed by atoms with Gasteiger partial charge in [-0.05, 0) is 114 Å². The minimum atomic E-state index is 0.563. The number of aromatic nitrogens is 5. The molecule has 0 N–H and O–H groups in total. The summed E-state index contributed by atoms with van der Waals surface area (Å²) in [4.78, 5) is 15.8. The zero-order valence-electron chi connectivity index (χ0n) is 40.1. The van der Waals surface area contributed by atoms with Crippen molar-refractivity contribution in [1.82, 2.24) is 24.1 Å². The van der Waals surface area contributed by atoms with Gasteiger partial charge in [0.15, 0.2) is 11.6 Å². The summed E-state index contributed by atoms with van der Waals surface area (Å²) in [6, 6.07) is 93.5. The highest BCUT2D eigenvalue weighted by atomic mass is 15.2. The second kappa shape index (κ2) is 16.8. The van der Waals surface area contributed by atoms with Crippen LogP contribution in [0.5, 0.6) is 0 Å². The Bertz CT molecular complexity index is 4650. The Morgan fingerprint density at radius 2 is 0.595 bits per heavy atom. The van der Waals surface area contributed by atoms with Crippen LogP contribution in [-0.2, 0) is 0 Å². The van der Waals surface area contributed by atoms with Crippen molar-refractivity contribution in [2.75, 3.05) is 0 Å². The fourth-order valence-electron chi connectivity index (χ4n) is 11.5. The van der Waals surface area contributed by atoms with Crippen LogP contribution in [0.3, 0.4) is 0 Å². The van der Waals surface area contributed by atoms with Crippen molar-refractivity contribution in [2.24, 2.45) is 0 Å². The third-order valence-corrected chi connectivity index (χ3v) is 15.0. The van der Waals surface area contributed by atoms with E-state index in [4.69, 9.17) is 15.0 Å². The number of benzene rings is 12. The number of hydrogen-bond donors (Lipinski definition) is 0. The van der Waals surface area contributed by atoms with E-state index < -0.39 is 0 Å². The van der Waals surface area contributed by atoms with E-state index in [1.54, 1.807) is 0 Å². The lowest BCUT2D eigenvalue weighted by atomic mass is 9.92. The highest BCUT2D eigenvalue weighted by Crippen LogP contribution is 2.43. The van der Waals surface area contributed by atoms with Gasteiger partial charge in [0, 0.05) is 38.4 Å². The van der Waals surface area contributed by atoms with Crippen molar-refractivity contribution in [2.45, 2.75) is 0 Å². The Balaban J connectivity index is 0.864. The lowest BCUT2D eigenvalue weighted by Gasteiger charge is -2.13. The third-order valence-electron chi connectivity index (χ3n) is 15.0. The number of fused-ring (bicyclic) bond motifs is 13. The molecule has 0 saturated carbocycles. The van der Waals surface area contributed by atoms with Crippen LogP contribution in [0.4, 0.5) is 0 Å². The lowest BCUT2D eigenvalue weighted by molar-refractivity contribution is 0.953. The highest BCUT2D eigenvalue weighted by Gasteiger charge is 2.23. The molecule has 12 aromatic carbocycles. The Kier molecular flexibility index (Phi) is 9.50. The standard InChI is InChI=1S/C69H43N5/c1-3-16-44(17-4-1)49-20-15-21-50(42-49)45-30-32-48(33-31-45)68-70-67(47-18-5-2-6-19-47)71-69(72-68)74-62-29-14-12-27-59(62)66-64(74)41-40-63-65(66)58-26-11-13-28-61(58)73(63)52-37-34-46(35-38-52)51-36-39-57-55-24-8-7-22-53(55)54-23-9-10-25-56(54)60(57)43-51/h1-43H. The minimum Gasteiger partial charge on any atom is -0.309 e. The maximum atomic E-state index is 5.34. The predicted octanol–water partition coefficient (Wildman–Crippen LogP) is 17.9. The first-order valence-electron chi connectivity index (χ1n) is 25.2. The van der Waals surface area contributed by atoms with Gasteiger partial charge in [-0.1, -0.05) is 212 Å². The fourth-order valence-corrected chi connectivity index (χ4v) is 11.5. The first kappa shape index (κ1) is 41.8. The summed E-state index contributed by atoms with van der Waals surface area (Å²) in [6.07, 6.45) is 0. The lowest BCUT2D eigenvalue weighted by Crippen LogP contribution is -2.06. The minimum absolute atomic E-state index is 0.563. The Morgan fingerprint density at radius 3 is 1.18 bits per heavy atom. The fraction of sp³-hybridized carbons (Fsp3) is 0. The first-order chi connectivity index (χ1) is 36.7. The molecule has 15 rings (SSSR count). The van der Waals surface area contributed by atoms with Gasteiger partial charge in [-0.3, -0.25) is 4.57 Å². The molecule has 0 spiro atoms. The van der Waals surface area contributed by atoms with Crippen molar-refractivity contribution < 1.29 is 0 Å². The quantitative estimate of drug-likeness (QED) is 0.150. The smallest absolute Gasteiger partial charge is 0.238 e. The molecule has 0 radical (unpaired) electrons. The topological polar surface area (TPSA) is 48.5 Å². The Labute approximate surface area is 426 Å². The summed E-state index contributed by atoms with van der Waals surface area (Å²) in [6.45, 7) is 0. The van der Waals surface area contributed by atoms with E-state index in [0.717, 1.165) is 60.8 Å². The summed E-state index contributed by atoms with van der Waals surface area (Å²) >= 11 is 0. The maximum absolute atomic E-state index is 5.34. The summed E-state index contributed by atoms with van der Waals surface area (Å²) in [5.74, 6) is 1.78. The Hall–Kier alpha value is -9.97. The molecule has 74 heavy (non-hydrogen) atoms. The van der Waals surface area contributed by atoms with Crippen molar-refractivity contribution in [3.8, 4) is 67.8 Å². The monoisotopic (exact) mass is 941 g/mol. The summed E-state index contributed by atoms with van der Waals surface area (Å²) in [5, 5.41) is 12.3. The van der Waals surface area contributed by atoms with Crippen molar-refractivity contribution in [3.63, 3.8) is 0 Å². The molecule has 15 aromatic rings. The number of hydrogen-bond acceptors (Lipinski definition) is 3. The van der Waals surface area contributed by atoms with Crippen LogP contribution >= 0.6 is 0 Å². The van der Waals surface area contributed by atoms with Crippen molar-refractivity contribution in [3.05, 3.63) is 261 Å². The zero-order valence-corrected chi connectivity index (χ0v) is 40.1. The SMILES string of the molecule is c1ccc(-c2cccc(-c3ccc(-c4nc(-c5ccccc5)nc(-n5c6ccccc6c6c7c8ccccc8n(-c8ccc(-c9ccc%10c%11ccccc%11c%11ccccc%11c%10c9)cc8)c7ccc65)n4)cc3)c2)cc1. The molecule has 0 unspecified atom stereocenters. The van der Waals surface area contributed by atoms with Crippen LogP contribution in [0.15, 0.2) is 261 Å². The van der Waals surface area contributed by atoms with Gasteiger partial charge in [-0.15, -0.1) is 0 Å². The maximum Gasteiger partial charge on any atom is 0.238 e. The van der Waals surface area contributed by atoms with Gasteiger partial charge < -0.3 is 4.57 Å². The second-order valence-electron chi connectivity index (χ2n) is 19.1. The zero-order chi connectivity index (χ0) is 48.7. The van der Waals surface area contributed by atoms with E-state index in [9.17, 15) is 0 Å². The van der Waals surface area contributed by atoms with Crippen LogP contribution in [0.1, 0.15) is 0 Å². The molecule has 0 saturated heterocycles. The van der Waals surface area contributed by atoms with Gasteiger partial charge in [-0.25, -0.2) is 4.98 Å². The van der Waals surface area contributed by atoms with Crippen LogP contribution in [0.25, 0.3) is 144 Å². The van der Waals surface area contributed by atoms with E-state index in [1.807, 2.05) is 18.2 Å². The summed E-state index contributed by atoms with van der Waals surface area (Å²) in [7, 11) is 0. The number of rotatable bonds is 7. The average molecular weight is 942 g/mol. The molecular formula is C69H43N5. The number of nitrogens with zero attached hydrogens (tertiary/aromatic N) is 5. The van der Waals surface area contributed by atoms with Crippen LogP contribution < -0.4 is 0 Å². The molecular weight excluding hydrogens is 899 g/mol. The average Bonchev–Trinajstić information content (AvgIpc) is 4.04. The molecule has 0 fully saturated rings. The highest BCUT2D eigenvalue weighted by molar-refractivity contribution is 6.29. The van der Waals surface area contributed by atoms with Crippen LogP contribution in [0.2, 0.25) is 0 Å². The molecule has 3 aromatic heterocycles. The summed E-state index contributed by atoms with van der Waals surface area (Å²) < 4.78 is 4.64. The Morgan fingerprint density at radius 1 is 0.216 bits per heavy atom. The first-order valence-corrected chi connectivity index (χ1v) is 25.2. The molecule has 0 aliphatic heterocycles. The van der Waals surface area contributed by atoms with Crippen molar-refractivity contribution >= 4 is 75.9 Å². The second-order valence-corrected chi connectivity index (χ2v) is 19.1. The molecule has 0 aliphatic carbocycles. The molecule has 0 bridgehead atoms. The molecule has 5 heteroatoms. The van der Waals surface area contributed by atoms with Gasteiger partial charge >= 0.3 is 0 Å². The molecule has 3 heterocycles. The van der Waals surface area contributed by atoms with Gasteiger partial charge in [0.2, 0.25) is 5.95 Å². The molecule has 344 valence electrons. The summed E-state index contributed by atoms with van der Waals surface area (Å²) in [5.41, 5.74) is 14.3. The van der Waals surface area contributed by atoms with Crippen LogP contribution in [-0.4, -0.2) is 24.1 Å². The molecule has 0 atom stereocenters. The van der Waals surface area contributed by atoms with Gasteiger partial charge in [-0.2, -0.15) is 9.97 Å².